The van der Waals surface area contributed by atoms with Gasteiger partial charge in [0.2, 0.25) is 17.6 Å². The molecule has 10 nitrogen and oxygen atoms in total. The van der Waals surface area contributed by atoms with Crippen molar-refractivity contribution in [3.05, 3.63) is 0 Å². The second-order valence-electron chi connectivity index (χ2n) is 19.1. The molecule has 5 amide bonds. The maximum Gasteiger partial charge on any atom is 0.315 e. The second kappa shape index (κ2) is 17.7. The van der Waals surface area contributed by atoms with E-state index in [1.54, 1.807) is 4.90 Å². The maximum absolute atomic E-state index is 15.1. The Labute approximate surface area is 333 Å². The minimum Gasteiger partial charge on any atom is -0.348 e. The van der Waals surface area contributed by atoms with Crippen LogP contribution in [0.3, 0.4) is 0 Å². The average Bonchev–Trinajstić information content (AvgIpc) is 3.43. The quantitative estimate of drug-likeness (QED) is 0.0616. The third kappa shape index (κ3) is 9.64. The summed E-state index contributed by atoms with van der Waals surface area (Å²) in [6, 6.07) is -2.88. The van der Waals surface area contributed by atoms with Crippen LogP contribution < -0.4 is 21.3 Å². The van der Waals surface area contributed by atoms with Gasteiger partial charge in [-0.25, -0.2) is 4.79 Å². The number of carbonyl (C=O) groups excluding carboxylic acids is 5. The molecule has 0 bridgehead atoms. The molecule has 0 spiro atoms. The highest BCUT2D eigenvalue weighted by atomic mass is 32.2. The van der Waals surface area contributed by atoms with Gasteiger partial charge in [-0.1, -0.05) is 105 Å². The zero-order valence-corrected chi connectivity index (χ0v) is 35.8. The van der Waals surface area contributed by atoms with Crippen LogP contribution in [0.15, 0.2) is 0 Å². The number of ketones is 1. The first-order valence-corrected chi connectivity index (χ1v) is 22.9. The molecule has 4 unspecified atom stereocenters. The van der Waals surface area contributed by atoms with E-state index in [1.807, 2.05) is 0 Å². The first kappa shape index (κ1) is 43.3. The number of nitrogens with one attached hydrogen (secondary N) is 4. The van der Waals surface area contributed by atoms with E-state index >= 15 is 4.79 Å². The van der Waals surface area contributed by atoms with Crippen LogP contribution in [0.4, 0.5) is 4.79 Å². The summed E-state index contributed by atoms with van der Waals surface area (Å²) in [6.07, 6.45) is 19.8. The molecule has 1 heterocycles. The van der Waals surface area contributed by atoms with E-state index < -0.39 is 35.2 Å². The standard InChI is InChI=1S/C44H71N5O5S/c1-9-12-26-45-38(52)35(50)32(27-30-20-19-21-30)46-37(51)34-33-31(42(33,6)7)28-49(34)39(53)36(43(8)22-15-13-16-23-43)47-40(54)48-44(24-17-14-18-25-44)29-55(11-3)41(4,5)10-2/h1,11,30-34,36H,10,12-29H2,2-8H3,(H,45,52)(H,46,51)(H2,47,48,54)/t31?,32?,33?,34-,36+,55?/m0/s1. The fourth-order valence-corrected chi connectivity index (χ4v) is 12.8. The minimum absolute atomic E-state index is 0.00689. The Morgan fingerprint density at radius 1 is 0.945 bits per heavy atom. The number of hydrogen-bond acceptors (Lipinski definition) is 5. The highest BCUT2D eigenvalue weighted by molar-refractivity contribution is 8.16. The molecular formula is C44H71N5O5S. The normalized spacial score (nSPS) is 26.9. The number of hydrogen-bond donors (Lipinski definition) is 4. The maximum atomic E-state index is 15.1. The zero-order valence-electron chi connectivity index (χ0n) is 35.0. The van der Waals surface area contributed by atoms with E-state index in [0.29, 0.717) is 19.4 Å². The molecule has 5 fully saturated rings. The lowest BCUT2D eigenvalue weighted by Crippen LogP contribution is -2.64. The van der Waals surface area contributed by atoms with Gasteiger partial charge in [-0.3, -0.25) is 19.2 Å². The van der Waals surface area contributed by atoms with E-state index in [4.69, 9.17) is 6.42 Å². The lowest BCUT2D eigenvalue weighted by Gasteiger charge is -2.45. The number of rotatable bonds is 16. The lowest BCUT2D eigenvalue weighted by molar-refractivity contribution is -0.146. The summed E-state index contributed by atoms with van der Waals surface area (Å²) in [6.45, 7) is 16.0. The van der Waals surface area contributed by atoms with Gasteiger partial charge < -0.3 is 26.2 Å². The van der Waals surface area contributed by atoms with Crippen molar-refractivity contribution in [2.75, 3.05) is 18.8 Å². The Hall–Kier alpha value is -2.87. The molecule has 4 aliphatic carbocycles. The van der Waals surface area contributed by atoms with Crippen molar-refractivity contribution in [3.63, 3.8) is 0 Å². The van der Waals surface area contributed by atoms with Crippen LogP contribution in [0.2, 0.25) is 0 Å². The van der Waals surface area contributed by atoms with Gasteiger partial charge in [0.05, 0.1) is 11.6 Å². The molecule has 55 heavy (non-hydrogen) atoms. The second-order valence-corrected chi connectivity index (χ2v) is 21.8. The fraction of sp³-hybridized carbons (Fsp3) is 0.818. The molecule has 0 aromatic carbocycles. The van der Waals surface area contributed by atoms with Crippen molar-refractivity contribution >= 4 is 45.4 Å². The molecule has 1 aliphatic heterocycles. The van der Waals surface area contributed by atoms with E-state index in [2.05, 4.69) is 81.0 Å². The van der Waals surface area contributed by atoms with Crippen LogP contribution >= 0.6 is 10.5 Å². The van der Waals surface area contributed by atoms with Gasteiger partial charge in [-0.05, 0) is 74.0 Å². The summed E-state index contributed by atoms with van der Waals surface area (Å²) in [7, 11) is -0.00689. The number of amides is 5. The summed E-state index contributed by atoms with van der Waals surface area (Å²) in [5, 5.41) is 14.7. The zero-order chi connectivity index (χ0) is 40.2. The Bertz CT molecular complexity index is 1520. The smallest absolute Gasteiger partial charge is 0.315 e. The fourth-order valence-electron chi connectivity index (χ4n) is 10.2. The van der Waals surface area contributed by atoms with Gasteiger partial charge >= 0.3 is 6.03 Å². The molecule has 308 valence electrons. The third-order valence-electron chi connectivity index (χ3n) is 14.6. The van der Waals surface area contributed by atoms with Gasteiger partial charge in [-0.2, -0.15) is 10.5 Å². The van der Waals surface area contributed by atoms with Gasteiger partial charge in [-0.15, -0.1) is 12.3 Å². The summed E-state index contributed by atoms with van der Waals surface area (Å²) in [4.78, 5) is 72.1. The summed E-state index contributed by atoms with van der Waals surface area (Å²) >= 11 is 0. The molecule has 4 N–H and O–H groups in total. The first-order valence-electron chi connectivity index (χ1n) is 21.5. The van der Waals surface area contributed by atoms with E-state index in [1.165, 1.54) is 0 Å². The van der Waals surface area contributed by atoms with Gasteiger partial charge in [0.15, 0.2) is 0 Å². The van der Waals surface area contributed by atoms with Gasteiger partial charge in [0.25, 0.3) is 5.91 Å². The van der Waals surface area contributed by atoms with Crippen LogP contribution in [0.5, 0.6) is 0 Å². The number of nitrogens with zero attached hydrogens (tertiary/aromatic N) is 1. The Morgan fingerprint density at radius 3 is 2.15 bits per heavy atom. The Morgan fingerprint density at radius 2 is 1.58 bits per heavy atom. The molecule has 4 saturated carbocycles. The molecule has 11 heteroatoms. The number of likely N-dealkylation sites (tertiary alicyclic amines) is 1. The van der Waals surface area contributed by atoms with Crippen molar-refractivity contribution in [1.82, 2.24) is 26.2 Å². The molecule has 0 aromatic heterocycles. The predicted molar refractivity (Wildman–Crippen MR) is 223 cm³/mol. The number of urea groups is 1. The molecule has 0 aromatic rings. The largest absolute Gasteiger partial charge is 0.348 e. The highest BCUT2D eigenvalue weighted by Gasteiger charge is 2.70. The number of terminal acetylenes is 1. The van der Waals surface area contributed by atoms with Crippen LogP contribution in [-0.4, -0.2) is 87.1 Å². The molecule has 5 rings (SSSR count). The van der Waals surface area contributed by atoms with Crippen LogP contribution in [-0.2, 0) is 19.2 Å². The van der Waals surface area contributed by atoms with Crippen LogP contribution in [0.25, 0.3) is 0 Å². The lowest BCUT2D eigenvalue weighted by atomic mass is 9.70. The van der Waals surface area contributed by atoms with Crippen molar-refractivity contribution in [3.8, 4) is 12.3 Å². The van der Waals surface area contributed by atoms with Crippen molar-refractivity contribution < 1.29 is 24.0 Å². The van der Waals surface area contributed by atoms with Crippen molar-refractivity contribution in [1.29, 1.82) is 0 Å². The van der Waals surface area contributed by atoms with Gasteiger partial charge in [0, 0.05) is 30.0 Å². The highest BCUT2D eigenvalue weighted by Crippen LogP contribution is 2.65. The minimum atomic E-state index is -0.980. The van der Waals surface area contributed by atoms with Crippen molar-refractivity contribution in [2.24, 2.45) is 28.6 Å². The molecule has 1 saturated heterocycles. The number of Topliss-reactive ketones (excluding diaryl/α,β-unsaturated/α-hetero) is 1. The average molecular weight is 782 g/mol. The predicted octanol–water partition coefficient (Wildman–Crippen LogP) is 6.47. The summed E-state index contributed by atoms with van der Waals surface area (Å²) in [5.41, 5.74) is -0.968. The summed E-state index contributed by atoms with van der Waals surface area (Å²) in [5.74, 6) is 1.63. The Kier molecular flexibility index (Phi) is 13.9. The van der Waals surface area contributed by atoms with Crippen LogP contribution in [0, 0.1) is 40.9 Å². The molecule has 0 radical (unpaired) electrons. The third-order valence-corrected chi connectivity index (χ3v) is 17.8. The summed E-state index contributed by atoms with van der Waals surface area (Å²) < 4.78 is 0.124. The first-order chi connectivity index (χ1) is 26.0. The number of fused-ring (bicyclic) bond motifs is 1. The van der Waals surface area contributed by atoms with Crippen molar-refractivity contribution in [2.45, 2.75) is 180 Å². The molecular weight excluding hydrogens is 711 g/mol. The Balaban J connectivity index is 1.39. The van der Waals surface area contributed by atoms with E-state index in [0.717, 1.165) is 95.6 Å². The SMILES string of the molecule is C#CCCNC(=O)C(=O)C(CC1CCC1)NC(=O)[C@@H]1C2C(CN1C(=O)[C@@H](NC(=O)NC1(C/S(=C/C)C(C)(C)CC)CCCCC1)C1(C)CCCCC1)C2(C)C. The van der Waals surface area contributed by atoms with E-state index in [9.17, 15) is 19.2 Å². The molecule has 5 aliphatic rings. The van der Waals surface area contributed by atoms with E-state index in [-0.39, 0.29) is 68.3 Å². The monoisotopic (exact) mass is 782 g/mol. The van der Waals surface area contributed by atoms with Crippen LogP contribution in [0.1, 0.15) is 151 Å². The number of carbonyl (C=O) groups is 5. The topological polar surface area (TPSA) is 137 Å². The number of piperidine rings is 1. The molecule has 6 atom stereocenters. The van der Waals surface area contributed by atoms with Gasteiger partial charge in [0.1, 0.15) is 12.1 Å².